The number of nitriles is 2. The van der Waals surface area contributed by atoms with Gasteiger partial charge in [0.25, 0.3) is 0 Å². The van der Waals surface area contributed by atoms with E-state index in [2.05, 4.69) is 28.1 Å². The Morgan fingerprint density at radius 1 is 1.26 bits per heavy atom. The molecule has 6 heteroatoms. The summed E-state index contributed by atoms with van der Waals surface area (Å²) in [4.78, 5) is 0. The molecule has 1 heterocycles. The Bertz CT molecular complexity index is 636. The van der Waals surface area contributed by atoms with Crippen LogP contribution in [0.4, 0.5) is 0 Å². The molecule has 0 unspecified atom stereocenters. The Balaban J connectivity index is 2.58. The van der Waals surface area contributed by atoms with Crippen molar-refractivity contribution in [2.24, 2.45) is 11.7 Å². The van der Waals surface area contributed by atoms with Gasteiger partial charge in [0.1, 0.15) is 5.92 Å². The van der Waals surface area contributed by atoms with Gasteiger partial charge in [0, 0.05) is 10.4 Å². The van der Waals surface area contributed by atoms with E-state index in [-0.39, 0.29) is 5.04 Å². The highest BCUT2D eigenvalue weighted by Crippen LogP contribution is 2.42. The van der Waals surface area contributed by atoms with Crippen LogP contribution < -0.4 is 5.73 Å². The first-order valence-electron chi connectivity index (χ1n) is 5.39. The minimum atomic E-state index is -0.659. The molecule has 2 atom stereocenters. The molecule has 0 fully saturated rings. The minimum absolute atomic E-state index is 0.187. The smallest absolute Gasteiger partial charge is 0.106 e. The number of benzene rings is 1. The number of nitrogens with two attached hydrogens (primary N) is 1. The van der Waals surface area contributed by atoms with Gasteiger partial charge in [0.2, 0.25) is 0 Å². The summed E-state index contributed by atoms with van der Waals surface area (Å²) in [6.45, 7) is 0. The zero-order valence-electron chi connectivity index (χ0n) is 9.72. The molecule has 0 aliphatic carbocycles. The van der Waals surface area contributed by atoms with Gasteiger partial charge in [0.15, 0.2) is 0 Å². The highest BCUT2D eigenvalue weighted by molar-refractivity contribution is 9.10. The van der Waals surface area contributed by atoms with E-state index in [0.29, 0.717) is 10.6 Å². The molecule has 3 N–H and O–H groups in total. The van der Waals surface area contributed by atoms with E-state index in [1.165, 1.54) is 0 Å². The van der Waals surface area contributed by atoms with E-state index >= 15 is 0 Å². The Hall–Kier alpha value is -1.76. The minimum Gasteiger partial charge on any atom is -0.392 e. The van der Waals surface area contributed by atoms with E-state index in [1.807, 2.05) is 24.3 Å². The fourth-order valence-corrected chi connectivity index (χ4v) is 3.09. The third-order valence-electron chi connectivity index (χ3n) is 2.90. The van der Waals surface area contributed by atoms with Gasteiger partial charge in [-0.3, -0.25) is 5.41 Å². The van der Waals surface area contributed by atoms with Gasteiger partial charge in [-0.1, -0.05) is 39.8 Å². The summed E-state index contributed by atoms with van der Waals surface area (Å²) < 4.78 is 0.917. The van der Waals surface area contributed by atoms with Crippen molar-refractivity contribution in [3.8, 4) is 12.1 Å². The molecule has 19 heavy (non-hydrogen) atoms. The van der Waals surface area contributed by atoms with Crippen LogP contribution in [0.15, 0.2) is 39.3 Å². The van der Waals surface area contributed by atoms with Crippen LogP contribution in [0.5, 0.6) is 0 Å². The predicted octanol–water partition coefficient (Wildman–Crippen LogP) is 3.09. The van der Waals surface area contributed by atoms with Crippen LogP contribution in [0.1, 0.15) is 11.5 Å². The first-order chi connectivity index (χ1) is 9.08. The van der Waals surface area contributed by atoms with Crippen LogP contribution in [0.2, 0.25) is 0 Å². The second-order valence-corrected chi connectivity index (χ2v) is 5.99. The molecule has 4 nitrogen and oxygen atoms in total. The second kappa shape index (κ2) is 5.48. The molecule has 0 amide bonds. The van der Waals surface area contributed by atoms with E-state index < -0.39 is 11.8 Å². The monoisotopic (exact) mass is 332 g/mol. The summed E-state index contributed by atoms with van der Waals surface area (Å²) in [7, 11) is 0. The molecule has 0 aromatic heterocycles. The maximum Gasteiger partial charge on any atom is 0.106 e. The number of thioether (sulfide) groups is 1. The summed E-state index contributed by atoms with van der Waals surface area (Å²) in [6.07, 6.45) is 0. The average molecular weight is 333 g/mol. The maximum atomic E-state index is 9.26. The van der Waals surface area contributed by atoms with Crippen LogP contribution in [0.3, 0.4) is 0 Å². The summed E-state index contributed by atoms with van der Waals surface area (Å²) in [5.74, 6) is -1.12. The molecule has 0 radical (unpaired) electrons. The van der Waals surface area contributed by atoms with E-state index in [0.717, 1.165) is 21.8 Å². The van der Waals surface area contributed by atoms with E-state index in [9.17, 15) is 10.5 Å². The molecule has 0 saturated heterocycles. The molecule has 0 saturated carbocycles. The number of halogens is 1. The molecule has 94 valence electrons. The van der Waals surface area contributed by atoms with Crippen LogP contribution in [-0.4, -0.2) is 5.04 Å². The fourth-order valence-electron chi connectivity index (χ4n) is 2.00. The van der Waals surface area contributed by atoms with Gasteiger partial charge >= 0.3 is 0 Å². The number of hydrogen-bond donors (Lipinski definition) is 2. The zero-order chi connectivity index (χ0) is 14.0. The SMILES string of the molecule is N#CC1=C(N)SC(=N)[C@@H](C#N)[C@H]1c1ccc(Br)cc1. The molecule has 1 aliphatic rings. The van der Waals surface area contributed by atoms with E-state index in [1.54, 1.807) is 0 Å². The Morgan fingerprint density at radius 3 is 2.42 bits per heavy atom. The van der Waals surface area contributed by atoms with Crippen LogP contribution in [0.25, 0.3) is 0 Å². The maximum absolute atomic E-state index is 9.26. The lowest BCUT2D eigenvalue weighted by molar-refractivity contribution is 0.729. The predicted molar refractivity (Wildman–Crippen MR) is 78.1 cm³/mol. The number of hydrogen-bond acceptors (Lipinski definition) is 5. The van der Waals surface area contributed by atoms with Gasteiger partial charge < -0.3 is 5.73 Å². The Labute approximate surface area is 123 Å². The molecule has 2 rings (SSSR count). The molecule has 1 aliphatic heterocycles. The third kappa shape index (κ3) is 2.51. The number of nitrogens with one attached hydrogen (secondary N) is 1. The summed E-state index contributed by atoms with van der Waals surface area (Å²) in [5.41, 5.74) is 7.00. The lowest BCUT2D eigenvalue weighted by Crippen LogP contribution is -2.26. The van der Waals surface area contributed by atoms with Gasteiger partial charge in [-0.2, -0.15) is 10.5 Å². The zero-order valence-corrected chi connectivity index (χ0v) is 12.1. The Morgan fingerprint density at radius 2 is 1.89 bits per heavy atom. The van der Waals surface area contributed by atoms with Crippen LogP contribution >= 0.6 is 27.7 Å². The standard InChI is InChI=1S/C13H9BrN4S/c14-8-3-1-7(2-4-8)11-9(5-15)12(17)19-13(18)10(11)6-16/h1-4,9,11,17H,18H2/t9-,11+/m0/s1. The van der Waals surface area contributed by atoms with Gasteiger partial charge in [-0.25, -0.2) is 0 Å². The highest BCUT2D eigenvalue weighted by Gasteiger charge is 2.36. The lowest BCUT2D eigenvalue weighted by atomic mass is 9.82. The molecule has 0 bridgehead atoms. The molecule has 0 spiro atoms. The van der Waals surface area contributed by atoms with Crippen LogP contribution in [-0.2, 0) is 0 Å². The van der Waals surface area contributed by atoms with Crippen molar-refractivity contribution in [1.29, 1.82) is 15.9 Å². The van der Waals surface area contributed by atoms with Gasteiger partial charge in [-0.15, -0.1) is 0 Å². The van der Waals surface area contributed by atoms with Crippen molar-refractivity contribution in [2.75, 3.05) is 0 Å². The number of allylic oxidation sites excluding steroid dienone is 1. The van der Waals surface area contributed by atoms with Crippen molar-refractivity contribution in [2.45, 2.75) is 5.92 Å². The lowest BCUT2D eigenvalue weighted by Gasteiger charge is -2.27. The highest BCUT2D eigenvalue weighted by atomic mass is 79.9. The molecule has 1 aromatic rings. The first-order valence-corrected chi connectivity index (χ1v) is 7.00. The quantitative estimate of drug-likeness (QED) is 0.825. The van der Waals surface area contributed by atoms with Crippen molar-refractivity contribution in [3.05, 3.63) is 44.9 Å². The normalized spacial score (nSPS) is 22.8. The molecular formula is C13H9BrN4S. The van der Waals surface area contributed by atoms with Gasteiger partial charge in [-0.05, 0) is 17.7 Å². The number of nitrogens with zero attached hydrogens (tertiary/aromatic N) is 2. The van der Waals surface area contributed by atoms with Crippen molar-refractivity contribution in [3.63, 3.8) is 0 Å². The Kier molecular flexibility index (Phi) is 3.94. The average Bonchev–Trinajstić information content (AvgIpc) is 2.39. The third-order valence-corrected chi connectivity index (χ3v) is 4.34. The number of rotatable bonds is 1. The molecular weight excluding hydrogens is 324 g/mol. The van der Waals surface area contributed by atoms with Gasteiger partial charge in [0.05, 0.1) is 27.8 Å². The largest absolute Gasteiger partial charge is 0.392 e. The first kappa shape index (κ1) is 13.7. The summed E-state index contributed by atoms with van der Waals surface area (Å²) in [6, 6.07) is 11.6. The summed E-state index contributed by atoms with van der Waals surface area (Å²) in [5, 5.41) is 26.9. The van der Waals surface area contributed by atoms with E-state index in [4.69, 9.17) is 11.1 Å². The van der Waals surface area contributed by atoms with Crippen molar-refractivity contribution < 1.29 is 0 Å². The summed E-state index contributed by atoms with van der Waals surface area (Å²) >= 11 is 4.34. The van der Waals surface area contributed by atoms with Crippen molar-refractivity contribution >= 4 is 32.7 Å². The van der Waals surface area contributed by atoms with Crippen molar-refractivity contribution in [1.82, 2.24) is 0 Å². The second-order valence-electron chi connectivity index (χ2n) is 3.99. The molecule has 1 aromatic carbocycles. The van der Waals surface area contributed by atoms with Crippen LogP contribution in [0, 0.1) is 34.0 Å². The topological polar surface area (TPSA) is 97.4 Å². The fraction of sp³-hybridized carbons (Fsp3) is 0.154.